The zero-order chi connectivity index (χ0) is 27.3. The normalized spacial score (nSPS) is 16.6. The maximum absolute atomic E-state index is 13.9. The fourth-order valence-electron chi connectivity index (χ4n) is 5.11. The van der Waals surface area contributed by atoms with Crippen LogP contribution in [0.3, 0.4) is 0 Å². The van der Waals surface area contributed by atoms with Gasteiger partial charge in [-0.1, -0.05) is 0 Å². The van der Waals surface area contributed by atoms with Crippen molar-refractivity contribution >= 4 is 22.7 Å². The highest BCUT2D eigenvalue weighted by molar-refractivity contribution is 7.99. The van der Waals surface area contributed by atoms with E-state index < -0.39 is 30.2 Å². The van der Waals surface area contributed by atoms with E-state index in [1.165, 1.54) is 6.20 Å². The summed E-state index contributed by atoms with van der Waals surface area (Å²) in [6.07, 6.45) is 2.83. The minimum absolute atomic E-state index is 0.0308. The monoisotopic (exact) mass is 552 g/mol. The quantitative estimate of drug-likeness (QED) is 0.178. The number of alkyl halides is 1. The minimum Gasteiger partial charge on any atom is -0.497 e. The van der Waals surface area contributed by atoms with Crippen molar-refractivity contribution < 1.29 is 32.5 Å². The summed E-state index contributed by atoms with van der Waals surface area (Å²) < 4.78 is 59.8. The molecule has 0 saturated carbocycles. The molecule has 2 aromatic carbocycles. The van der Waals surface area contributed by atoms with Crippen molar-refractivity contribution in [2.75, 3.05) is 39.1 Å². The number of thioether (sulfide) groups is 1. The van der Waals surface area contributed by atoms with E-state index in [1.807, 2.05) is 0 Å². The SMILES string of the molecule is COc1ccc2ncc(CF)c(C(O)CCC3(CO)CCN(CCSc4cc(F)cc(F)c4F)CC3)c2c1. The lowest BCUT2D eigenvalue weighted by atomic mass is 9.74. The average molecular weight is 553 g/mol. The summed E-state index contributed by atoms with van der Waals surface area (Å²) in [7, 11) is 1.54. The highest BCUT2D eigenvalue weighted by atomic mass is 32.2. The molecule has 2 N–H and O–H groups in total. The molecule has 1 aromatic heterocycles. The summed E-state index contributed by atoms with van der Waals surface area (Å²) in [5.74, 6) is -1.99. The summed E-state index contributed by atoms with van der Waals surface area (Å²) in [6, 6.07) is 6.82. The van der Waals surface area contributed by atoms with Crippen molar-refractivity contribution in [3.63, 3.8) is 0 Å². The first kappa shape index (κ1) is 28.6. The number of likely N-dealkylation sites (tertiary alicyclic amines) is 1. The Morgan fingerprint density at radius 2 is 1.92 bits per heavy atom. The number of pyridine rings is 1. The third-order valence-corrected chi connectivity index (χ3v) is 8.50. The van der Waals surface area contributed by atoms with Gasteiger partial charge in [0.25, 0.3) is 0 Å². The van der Waals surface area contributed by atoms with Gasteiger partial charge in [-0.2, -0.15) is 0 Å². The van der Waals surface area contributed by atoms with Gasteiger partial charge in [0.05, 0.1) is 18.7 Å². The topological polar surface area (TPSA) is 65.8 Å². The van der Waals surface area contributed by atoms with E-state index in [1.54, 1.807) is 25.3 Å². The van der Waals surface area contributed by atoms with Crippen molar-refractivity contribution in [2.24, 2.45) is 5.41 Å². The number of aliphatic hydroxyl groups is 2. The Balaban J connectivity index is 1.35. The zero-order valence-corrected chi connectivity index (χ0v) is 22.0. The lowest BCUT2D eigenvalue weighted by Crippen LogP contribution is -2.43. The fraction of sp³-hybridized carbons (Fsp3) is 0.464. The maximum atomic E-state index is 13.9. The third-order valence-electron chi connectivity index (χ3n) is 7.50. The van der Waals surface area contributed by atoms with E-state index in [9.17, 15) is 27.8 Å². The molecule has 1 aliphatic heterocycles. The molecule has 38 heavy (non-hydrogen) atoms. The smallest absolute Gasteiger partial charge is 0.172 e. The largest absolute Gasteiger partial charge is 0.497 e. The van der Waals surface area contributed by atoms with Crippen LogP contribution in [0, 0.1) is 22.9 Å². The number of hydrogen-bond donors (Lipinski definition) is 2. The summed E-state index contributed by atoms with van der Waals surface area (Å²) in [5.41, 5.74) is 1.10. The van der Waals surface area contributed by atoms with Crippen LogP contribution in [0.15, 0.2) is 41.4 Å². The van der Waals surface area contributed by atoms with Gasteiger partial charge in [0.15, 0.2) is 11.6 Å². The van der Waals surface area contributed by atoms with E-state index in [-0.39, 0.29) is 16.9 Å². The molecule has 0 spiro atoms. The molecule has 0 bridgehead atoms. The van der Waals surface area contributed by atoms with E-state index in [0.29, 0.717) is 84.9 Å². The lowest BCUT2D eigenvalue weighted by Gasteiger charge is -2.41. The molecule has 0 radical (unpaired) electrons. The summed E-state index contributed by atoms with van der Waals surface area (Å²) in [5, 5.41) is 22.1. The standard InChI is InChI=1S/C28H32F4N2O3S/c1-37-20-2-3-23-21(14-20)26(18(15-29)16-33-23)24(36)4-5-28(17-35)6-8-34(9-7-28)10-11-38-25-13-19(30)12-22(31)27(25)32/h2-3,12-14,16,24,35-36H,4-11,15,17H2,1H3. The van der Waals surface area contributed by atoms with Gasteiger partial charge in [0.1, 0.15) is 18.2 Å². The van der Waals surface area contributed by atoms with Crippen LogP contribution in [0.1, 0.15) is 42.9 Å². The first-order valence-electron chi connectivity index (χ1n) is 12.6. The summed E-state index contributed by atoms with van der Waals surface area (Å²) in [4.78, 5) is 6.43. The Hall–Kier alpha value is -2.40. The second-order valence-electron chi connectivity index (χ2n) is 9.82. The molecule has 3 aromatic rings. The van der Waals surface area contributed by atoms with Crippen molar-refractivity contribution in [1.29, 1.82) is 0 Å². The summed E-state index contributed by atoms with van der Waals surface area (Å²) in [6.45, 7) is 1.22. The number of halogens is 4. The molecule has 5 nitrogen and oxygen atoms in total. The molecule has 0 aliphatic carbocycles. The average Bonchev–Trinajstić information content (AvgIpc) is 2.94. The number of aromatic nitrogens is 1. The van der Waals surface area contributed by atoms with Crippen molar-refractivity contribution in [3.8, 4) is 5.75 Å². The molecule has 2 heterocycles. The Morgan fingerprint density at radius 3 is 2.61 bits per heavy atom. The lowest BCUT2D eigenvalue weighted by molar-refractivity contribution is 0.0253. The first-order valence-corrected chi connectivity index (χ1v) is 13.6. The molecular formula is C28H32F4N2O3S. The van der Waals surface area contributed by atoms with E-state index in [4.69, 9.17) is 4.74 Å². The van der Waals surface area contributed by atoms with Gasteiger partial charge >= 0.3 is 0 Å². The van der Waals surface area contributed by atoms with Crippen LogP contribution in [0.5, 0.6) is 5.75 Å². The predicted octanol–water partition coefficient (Wildman–Crippen LogP) is 5.81. The van der Waals surface area contributed by atoms with Crippen molar-refractivity contribution in [3.05, 3.63) is 65.1 Å². The number of methoxy groups -OCH3 is 1. The molecule has 1 saturated heterocycles. The van der Waals surface area contributed by atoms with Crippen molar-refractivity contribution in [1.82, 2.24) is 9.88 Å². The minimum atomic E-state index is -1.20. The summed E-state index contributed by atoms with van der Waals surface area (Å²) >= 11 is 1.07. The molecule has 0 amide bonds. The second kappa shape index (κ2) is 12.6. The Bertz CT molecular complexity index is 1250. The van der Waals surface area contributed by atoms with Crippen LogP contribution < -0.4 is 4.74 Å². The molecule has 4 rings (SSSR count). The highest BCUT2D eigenvalue weighted by Gasteiger charge is 2.34. The van der Waals surface area contributed by atoms with Crippen LogP contribution in [-0.4, -0.2) is 59.2 Å². The van der Waals surface area contributed by atoms with Gasteiger partial charge in [-0.05, 0) is 74.0 Å². The molecule has 206 valence electrons. The number of piperidine rings is 1. The third kappa shape index (κ3) is 6.42. The zero-order valence-electron chi connectivity index (χ0n) is 21.2. The van der Waals surface area contributed by atoms with Crippen LogP contribution in [0.4, 0.5) is 17.6 Å². The highest BCUT2D eigenvalue weighted by Crippen LogP contribution is 2.40. The van der Waals surface area contributed by atoms with E-state index >= 15 is 0 Å². The van der Waals surface area contributed by atoms with Gasteiger partial charge in [-0.25, -0.2) is 17.6 Å². The Morgan fingerprint density at radius 1 is 1.16 bits per heavy atom. The Labute approximate surface area is 223 Å². The molecule has 1 unspecified atom stereocenters. The maximum Gasteiger partial charge on any atom is 0.172 e. The van der Waals surface area contributed by atoms with Crippen LogP contribution in [0.2, 0.25) is 0 Å². The molecule has 1 aliphatic rings. The number of rotatable bonds is 11. The van der Waals surface area contributed by atoms with Crippen LogP contribution >= 0.6 is 11.8 Å². The van der Waals surface area contributed by atoms with E-state index in [2.05, 4.69) is 9.88 Å². The number of aliphatic hydroxyl groups excluding tert-OH is 2. The van der Waals surface area contributed by atoms with Gasteiger partial charge in [-0.3, -0.25) is 4.98 Å². The van der Waals surface area contributed by atoms with Crippen LogP contribution in [-0.2, 0) is 6.67 Å². The Kier molecular flexibility index (Phi) is 9.51. The fourth-order valence-corrected chi connectivity index (χ4v) is 6.10. The predicted molar refractivity (Wildman–Crippen MR) is 140 cm³/mol. The van der Waals surface area contributed by atoms with Crippen molar-refractivity contribution in [2.45, 2.75) is 43.4 Å². The number of ether oxygens (including phenoxy) is 1. The van der Waals surface area contributed by atoms with Gasteiger partial charge in [-0.15, -0.1) is 11.8 Å². The first-order chi connectivity index (χ1) is 18.3. The number of hydrogen-bond acceptors (Lipinski definition) is 6. The van der Waals surface area contributed by atoms with Crippen LogP contribution in [0.25, 0.3) is 10.9 Å². The number of nitrogens with zero attached hydrogens (tertiary/aromatic N) is 2. The van der Waals surface area contributed by atoms with Gasteiger partial charge < -0.3 is 19.8 Å². The molecule has 10 heteroatoms. The molecule has 1 atom stereocenters. The van der Waals surface area contributed by atoms with Gasteiger partial charge in [0.2, 0.25) is 0 Å². The van der Waals surface area contributed by atoms with E-state index in [0.717, 1.165) is 17.8 Å². The number of fused-ring (bicyclic) bond motifs is 1. The van der Waals surface area contributed by atoms with Gasteiger partial charge in [0, 0.05) is 47.0 Å². The second-order valence-corrected chi connectivity index (χ2v) is 11.0. The molecular weight excluding hydrogens is 520 g/mol. The molecule has 1 fully saturated rings. The number of benzene rings is 2.